The van der Waals surface area contributed by atoms with E-state index in [2.05, 4.69) is 87.5 Å². The summed E-state index contributed by atoms with van der Waals surface area (Å²) in [4.78, 5) is 0. The molecule has 0 saturated heterocycles. The van der Waals surface area contributed by atoms with Crippen molar-refractivity contribution in [2.45, 2.75) is 45.4 Å². The zero-order valence-corrected chi connectivity index (χ0v) is 18.3. The fourth-order valence-electron chi connectivity index (χ4n) is 4.22. The van der Waals surface area contributed by atoms with Crippen molar-refractivity contribution >= 4 is 0 Å². The summed E-state index contributed by atoms with van der Waals surface area (Å²) in [7, 11) is 3.42. The normalized spacial score (nSPS) is 11.3. The SMILES string of the molecule is CCc1cccc(CC)c1CC(C)(c1ccc(OC)cc1)c1ccc(OC)cc1. The van der Waals surface area contributed by atoms with E-state index in [1.165, 1.54) is 27.8 Å². The molecular formula is C27H32O2. The van der Waals surface area contributed by atoms with Gasteiger partial charge in [-0.25, -0.2) is 0 Å². The van der Waals surface area contributed by atoms with Gasteiger partial charge in [-0.15, -0.1) is 0 Å². The maximum absolute atomic E-state index is 5.39. The van der Waals surface area contributed by atoms with E-state index in [4.69, 9.17) is 9.47 Å². The zero-order chi connectivity index (χ0) is 20.9. The van der Waals surface area contributed by atoms with E-state index in [1.807, 2.05) is 0 Å². The molecule has 0 fully saturated rings. The van der Waals surface area contributed by atoms with Gasteiger partial charge in [0.25, 0.3) is 0 Å². The van der Waals surface area contributed by atoms with Gasteiger partial charge < -0.3 is 9.47 Å². The molecule has 0 heterocycles. The lowest BCUT2D eigenvalue weighted by Crippen LogP contribution is -2.28. The van der Waals surface area contributed by atoms with Gasteiger partial charge in [-0.05, 0) is 71.3 Å². The molecule has 2 heteroatoms. The van der Waals surface area contributed by atoms with Crippen molar-refractivity contribution in [2.75, 3.05) is 14.2 Å². The molecule has 0 saturated carbocycles. The second-order valence-electron chi connectivity index (χ2n) is 7.73. The van der Waals surface area contributed by atoms with Crippen LogP contribution in [-0.2, 0) is 24.7 Å². The van der Waals surface area contributed by atoms with Crippen molar-refractivity contribution in [3.8, 4) is 11.5 Å². The smallest absolute Gasteiger partial charge is 0.118 e. The molecule has 0 bridgehead atoms. The number of ether oxygens (including phenoxy) is 2. The highest BCUT2D eigenvalue weighted by molar-refractivity contribution is 5.47. The number of benzene rings is 3. The molecule has 152 valence electrons. The summed E-state index contributed by atoms with van der Waals surface area (Å²) in [6.07, 6.45) is 3.05. The van der Waals surface area contributed by atoms with Crippen LogP contribution in [0.2, 0.25) is 0 Å². The molecule has 0 aliphatic carbocycles. The standard InChI is InChI=1S/C27H32O2/c1-6-20-9-8-10-21(7-2)26(20)19-27(3,22-11-15-24(28-4)16-12-22)23-13-17-25(29-5)18-14-23/h8-18H,6-7,19H2,1-5H3. The first-order valence-electron chi connectivity index (χ1n) is 10.4. The number of hydrogen-bond acceptors (Lipinski definition) is 2. The van der Waals surface area contributed by atoms with E-state index in [0.717, 1.165) is 30.8 Å². The third-order valence-electron chi connectivity index (χ3n) is 6.12. The Morgan fingerprint density at radius 2 is 1.07 bits per heavy atom. The fraction of sp³-hybridized carbons (Fsp3) is 0.333. The second kappa shape index (κ2) is 9.17. The van der Waals surface area contributed by atoms with Gasteiger partial charge in [-0.1, -0.05) is 63.2 Å². The Labute approximate surface area is 175 Å². The van der Waals surface area contributed by atoms with Gasteiger partial charge in [-0.2, -0.15) is 0 Å². The van der Waals surface area contributed by atoms with E-state index in [0.29, 0.717) is 0 Å². The Kier molecular flexibility index (Phi) is 6.64. The summed E-state index contributed by atoms with van der Waals surface area (Å²) >= 11 is 0. The highest BCUT2D eigenvalue weighted by Gasteiger charge is 2.31. The minimum Gasteiger partial charge on any atom is -0.497 e. The Balaban J connectivity index is 2.15. The second-order valence-corrected chi connectivity index (χ2v) is 7.73. The highest BCUT2D eigenvalue weighted by atomic mass is 16.5. The van der Waals surface area contributed by atoms with Gasteiger partial charge in [0.05, 0.1) is 14.2 Å². The van der Waals surface area contributed by atoms with Crippen molar-refractivity contribution < 1.29 is 9.47 Å². The molecule has 0 N–H and O–H groups in total. The summed E-state index contributed by atoms with van der Waals surface area (Å²) in [5, 5.41) is 0. The van der Waals surface area contributed by atoms with Gasteiger partial charge in [0, 0.05) is 5.41 Å². The molecule has 0 aromatic heterocycles. The van der Waals surface area contributed by atoms with Gasteiger partial charge in [0.15, 0.2) is 0 Å². The first-order valence-corrected chi connectivity index (χ1v) is 10.4. The van der Waals surface area contributed by atoms with Crippen LogP contribution in [0.15, 0.2) is 66.7 Å². The predicted octanol–water partition coefficient (Wildman–Crippen LogP) is 6.38. The van der Waals surface area contributed by atoms with Crippen molar-refractivity contribution in [3.05, 3.63) is 94.5 Å². The van der Waals surface area contributed by atoms with Crippen LogP contribution >= 0.6 is 0 Å². The van der Waals surface area contributed by atoms with Crippen molar-refractivity contribution in [1.29, 1.82) is 0 Å². The van der Waals surface area contributed by atoms with Gasteiger partial charge in [0.1, 0.15) is 11.5 Å². The maximum atomic E-state index is 5.39. The molecule has 29 heavy (non-hydrogen) atoms. The number of hydrogen-bond donors (Lipinski definition) is 0. The molecule has 0 aliphatic rings. The third-order valence-corrected chi connectivity index (χ3v) is 6.12. The molecule has 3 rings (SSSR count). The monoisotopic (exact) mass is 388 g/mol. The predicted molar refractivity (Wildman–Crippen MR) is 121 cm³/mol. The summed E-state index contributed by atoms with van der Waals surface area (Å²) in [6.45, 7) is 6.84. The minimum absolute atomic E-state index is 0.159. The molecule has 2 nitrogen and oxygen atoms in total. The lowest BCUT2D eigenvalue weighted by molar-refractivity contribution is 0.413. The largest absolute Gasteiger partial charge is 0.497 e. The Bertz CT molecular complexity index is 854. The first-order chi connectivity index (χ1) is 14.0. The fourth-order valence-corrected chi connectivity index (χ4v) is 4.22. The van der Waals surface area contributed by atoms with Gasteiger partial charge >= 0.3 is 0 Å². The van der Waals surface area contributed by atoms with Crippen LogP contribution in [0.1, 0.15) is 48.6 Å². The number of rotatable bonds is 8. The van der Waals surface area contributed by atoms with E-state index in [1.54, 1.807) is 14.2 Å². The summed E-state index contributed by atoms with van der Waals surface area (Å²) in [6, 6.07) is 23.8. The molecule has 0 radical (unpaired) electrons. The number of methoxy groups -OCH3 is 2. The average Bonchev–Trinajstić information content (AvgIpc) is 2.79. The molecule has 0 amide bonds. The number of aryl methyl sites for hydroxylation is 2. The van der Waals surface area contributed by atoms with Gasteiger partial charge in [0.2, 0.25) is 0 Å². The molecule has 0 unspecified atom stereocenters. The third kappa shape index (κ3) is 4.32. The van der Waals surface area contributed by atoms with Crippen LogP contribution in [-0.4, -0.2) is 14.2 Å². The molecule has 0 aliphatic heterocycles. The minimum atomic E-state index is -0.159. The summed E-state index contributed by atoms with van der Waals surface area (Å²) in [5.74, 6) is 1.77. The van der Waals surface area contributed by atoms with E-state index in [-0.39, 0.29) is 5.41 Å². The molecule has 3 aromatic rings. The van der Waals surface area contributed by atoms with Crippen LogP contribution in [0.3, 0.4) is 0 Å². The van der Waals surface area contributed by atoms with Crippen LogP contribution in [0.5, 0.6) is 11.5 Å². The lowest BCUT2D eigenvalue weighted by Gasteiger charge is -2.33. The highest BCUT2D eigenvalue weighted by Crippen LogP contribution is 2.38. The molecular weight excluding hydrogens is 356 g/mol. The van der Waals surface area contributed by atoms with Crippen LogP contribution < -0.4 is 9.47 Å². The average molecular weight is 389 g/mol. The van der Waals surface area contributed by atoms with Crippen molar-refractivity contribution in [2.24, 2.45) is 0 Å². The summed E-state index contributed by atoms with van der Waals surface area (Å²) < 4.78 is 10.8. The van der Waals surface area contributed by atoms with Crippen LogP contribution in [0, 0.1) is 0 Å². The quantitative estimate of drug-likeness (QED) is 0.446. The van der Waals surface area contributed by atoms with E-state index >= 15 is 0 Å². The van der Waals surface area contributed by atoms with Crippen molar-refractivity contribution in [3.63, 3.8) is 0 Å². The molecule has 3 aromatic carbocycles. The first kappa shape index (κ1) is 21.0. The maximum Gasteiger partial charge on any atom is 0.118 e. The topological polar surface area (TPSA) is 18.5 Å². The lowest BCUT2D eigenvalue weighted by atomic mass is 9.70. The Morgan fingerprint density at radius 1 is 0.655 bits per heavy atom. The summed E-state index contributed by atoms with van der Waals surface area (Å²) in [5.41, 5.74) is 6.78. The van der Waals surface area contributed by atoms with Crippen LogP contribution in [0.25, 0.3) is 0 Å². The zero-order valence-electron chi connectivity index (χ0n) is 18.3. The molecule has 0 spiro atoms. The Hall–Kier alpha value is -2.74. The van der Waals surface area contributed by atoms with Gasteiger partial charge in [-0.3, -0.25) is 0 Å². The Morgan fingerprint density at radius 3 is 1.41 bits per heavy atom. The van der Waals surface area contributed by atoms with E-state index in [9.17, 15) is 0 Å². The van der Waals surface area contributed by atoms with Crippen LogP contribution in [0.4, 0.5) is 0 Å². The molecule has 0 atom stereocenters. The van der Waals surface area contributed by atoms with E-state index < -0.39 is 0 Å². The van der Waals surface area contributed by atoms with Crippen molar-refractivity contribution in [1.82, 2.24) is 0 Å².